The fourth-order valence-electron chi connectivity index (χ4n) is 2.31. The van der Waals surface area contributed by atoms with Crippen LogP contribution in [0.1, 0.15) is 34.1 Å². The molecule has 1 radical (unpaired) electrons. The standard InChI is InChI=1S/C15H13F3NO3/c1-9(20)12(15(16,17)18)7-4-8-19-13(21)10-5-2-3-6-11(10)14(19)22/h2-6,12H,7-8H2,1H3/t12-/m0/s1. The molecule has 0 bridgehead atoms. The van der Waals surface area contributed by atoms with E-state index in [2.05, 4.69) is 0 Å². The van der Waals surface area contributed by atoms with Gasteiger partial charge in [-0.05, 0) is 31.9 Å². The molecule has 0 spiro atoms. The lowest BCUT2D eigenvalue weighted by Gasteiger charge is -2.19. The number of Topliss-reactive ketones (excluding diaryl/α,β-unsaturated/α-hetero) is 1. The van der Waals surface area contributed by atoms with Gasteiger partial charge in [-0.3, -0.25) is 19.3 Å². The van der Waals surface area contributed by atoms with Crippen molar-refractivity contribution in [3.8, 4) is 0 Å². The zero-order chi connectivity index (χ0) is 16.5. The van der Waals surface area contributed by atoms with E-state index in [0.29, 0.717) is 0 Å². The Labute approximate surface area is 124 Å². The minimum Gasteiger partial charge on any atom is -0.299 e. The Kier molecular flexibility index (Phi) is 4.35. The van der Waals surface area contributed by atoms with E-state index in [9.17, 15) is 27.6 Å². The van der Waals surface area contributed by atoms with Gasteiger partial charge in [0, 0.05) is 6.54 Å². The summed E-state index contributed by atoms with van der Waals surface area (Å²) >= 11 is 0. The van der Waals surface area contributed by atoms with E-state index in [-0.39, 0.29) is 17.7 Å². The van der Waals surface area contributed by atoms with E-state index in [0.717, 1.165) is 18.2 Å². The van der Waals surface area contributed by atoms with Crippen molar-refractivity contribution >= 4 is 17.6 Å². The van der Waals surface area contributed by atoms with Gasteiger partial charge >= 0.3 is 6.18 Å². The number of hydrogen-bond donors (Lipinski definition) is 0. The molecule has 0 fully saturated rings. The van der Waals surface area contributed by atoms with E-state index in [1.165, 1.54) is 12.1 Å². The van der Waals surface area contributed by atoms with Gasteiger partial charge in [0.15, 0.2) is 0 Å². The molecule has 1 atom stereocenters. The Morgan fingerprint density at radius 2 is 1.68 bits per heavy atom. The summed E-state index contributed by atoms with van der Waals surface area (Å²) in [4.78, 5) is 35.9. The van der Waals surface area contributed by atoms with Gasteiger partial charge in [-0.1, -0.05) is 12.1 Å². The van der Waals surface area contributed by atoms with Gasteiger partial charge in [0.2, 0.25) is 0 Å². The first-order valence-corrected chi connectivity index (χ1v) is 6.57. The second-order valence-corrected chi connectivity index (χ2v) is 5.00. The summed E-state index contributed by atoms with van der Waals surface area (Å²) < 4.78 is 38.0. The van der Waals surface area contributed by atoms with Gasteiger partial charge in [0.1, 0.15) is 11.7 Å². The van der Waals surface area contributed by atoms with Crippen molar-refractivity contribution in [3.63, 3.8) is 0 Å². The van der Waals surface area contributed by atoms with Crippen LogP contribution in [-0.4, -0.2) is 35.2 Å². The predicted octanol–water partition coefficient (Wildman–Crippen LogP) is 2.64. The smallest absolute Gasteiger partial charge is 0.299 e. The Balaban J connectivity index is 2.01. The first-order chi connectivity index (χ1) is 10.2. The number of alkyl halides is 3. The van der Waals surface area contributed by atoms with Gasteiger partial charge in [-0.2, -0.15) is 13.2 Å². The number of fused-ring (bicyclic) bond motifs is 1. The average Bonchev–Trinajstić information content (AvgIpc) is 2.66. The van der Waals surface area contributed by atoms with Gasteiger partial charge < -0.3 is 0 Å². The number of amides is 2. The molecule has 1 aromatic carbocycles. The highest BCUT2D eigenvalue weighted by Gasteiger charge is 2.43. The maximum absolute atomic E-state index is 12.7. The number of ketones is 1. The molecule has 0 unspecified atom stereocenters. The maximum Gasteiger partial charge on any atom is 0.398 e. The second-order valence-electron chi connectivity index (χ2n) is 5.00. The third kappa shape index (κ3) is 3.03. The third-order valence-corrected chi connectivity index (χ3v) is 3.48. The lowest BCUT2D eigenvalue weighted by atomic mass is 9.98. The summed E-state index contributed by atoms with van der Waals surface area (Å²) in [5.74, 6) is -4.18. The number of carbonyl (C=O) groups excluding carboxylic acids is 3. The van der Waals surface area contributed by atoms with Crippen molar-refractivity contribution < 1.29 is 27.6 Å². The lowest BCUT2D eigenvalue weighted by molar-refractivity contribution is -0.180. The molecule has 4 nitrogen and oxygen atoms in total. The molecular formula is C15H13F3NO3. The highest BCUT2D eigenvalue weighted by Crippen LogP contribution is 2.31. The van der Waals surface area contributed by atoms with E-state index in [1.54, 1.807) is 12.1 Å². The minimum absolute atomic E-state index is 0.236. The molecule has 117 valence electrons. The van der Waals surface area contributed by atoms with Crippen molar-refractivity contribution in [2.24, 2.45) is 5.92 Å². The topological polar surface area (TPSA) is 54.5 Å². The van der Waals surface area contributed by atoms with Crippen LogP contribution in [-0.2, 0) is 4.79 Å². The molecule has 22 heavy (non-hydrogen) atoms. The average molecular weight is 312 g/mol. The third-order valence-electron chi connectivity index (χ3n) is 3.48. The van der Waals surface area contributed by atoms with Crippen LogP contribution in [0.4, 0.5) is 13.2 Å². The second kappa shape index (κ2) is 5.90. The zero-order valence-corrected chi connectivity index (χ0v) is 11.7. The van der Waals surface area contributed by atoms with Crippen molar-refractivity contribution in [2.45, 2.75) is 19.5 Å². The van der Waals surface area contributed by atoms with Crippen molar-refractivity contribution in [1.29, 1.82) is 0 Å². The number of hydrogen-bond acceptors (Lipinski definition) is 3. The Bertz CT molecular complexity index is 590. The summed E-state index contributed by atoms with van der Waals surface area (Å²) in [6, 6.07) is 6.19. The number of imide groups is 1. The van der Waals surface area contributed by atoms with Gasteiger partial charge in [0.25, 0.3) is 11.8 Å². The SMILES string of the molecule is CC(=O)[C@H](C[CH]CN1C(=O)c2ccccc2C1=O)C(F)(F)F. The molecular weight excluding hydrogens is 299 g/mol. The quantitative estimate of drug-likeness (QED) is 0.785. The van der Waals surface area contributed by atoms with Crippen molar-refractivity contribution in [2.75, 3.05) is 6.54 Å². The Morgan fingerprint density at radius 3 is 2.09 bits per heavy atom. The fraction of sp³-hybridized carbons (Fsp3) is 0.333. The van der Waals surface area contributed by atoms with Crippen LogP contribution in [0.2, 0.25) is 0 Å². The maximum atomic E-state index is 12.7. The molecule has 1 aromatic rings. The highest BCUT2D eigenvalue weighted by atomic mass is 19.4. The van der Waals surface area contributed by atoms with Crippen LogP contribution >= 0.6 is 0 Å². The van der Waals surface area contributed by atoms with Crippen LogP contribution in [0.15, 0.2) is 24.3 Å². The van der Waals surface area contributed by atoms with Crippen molar-refractivity contribution in [1.82, 2.24) is 4.90 Å². The zero-order valence-electron chi connectivity index (χ0n) is 11.7. The highest BCUT2D eigenvalue weighted by molar-refractivity contribution is 6.21. The first kappa shape index (κ1) is 16.2. The monoisotopic (exact) mass is 312 g/mol. The van der Waals surface area contributed by atoms with E-state index in [1.807, 2.05) is 0 Å². The fourth-order valence-corrected chi connectivity index (χ4v) is 2.31. The van der Waals surface area contributed by atoms with Crippen LogP contribution in [0.25, 0.3) is 0 Å². The Hall–Kier alpha value is -2.18. The molecule has 1 heterocycles. The summed E-state index contributed by atoms with van der Waals surface area (Å²) in [7, 11) is 0. The normalized spacial score (nSPS) is 15.9. The minimum atomic E-state index is -4.63. The molecule has 1 aliphatic heterocycles. The van der Waals surface area contributed by atoms with Crippen LogP contribution in [0, 0.1) is 12.3 Å². The molecule has 0 saturated carbocycles. The lowest BCUT2D eigenvalue weighted by Crippen LogP contribution is -2.33. The van der Waals surface area contributed by atoms with Crippen LogP contribution < -0.4 is 0 Å². The number of benzene rings is 1. The van der Waals surface area contributed by atoms with Gasteiger partial charge in [-0.15, -0.1) is 0 Å². The van der Waals surface area contributed by atoms with Gasteiger partial charge in [-0.25, -0.2) is 0 Å². The summed E-state index contributed by atoms with van der Waals surface area (Å²) in [5, 5.41) is 0. The summed E-state index contributed by atoms with van der Waals surface area (Å²) in [6.45, 7) is 0.611. The van der Waals surface area contributed by atoms with Crippen molar-refractivity contribution in [3.05, 3.63) is 41.8 Å². The predicted molar refractivity (Wildman–Crippen MR) is 71.0 cm³/mol. The number of rotatable bonds is 5. The first-order valence-electron chi connectivity index (χ1n) is 6.57. The van der Waals surface area contributed by atoms with E-state index in [4.69, 9.17) is 0 Å². The van der Waals surface area contributed by atoms with Crippen LogP contribution in [0.3, 0.4) is 0 Å². The summed E-state index contributed by atoms with van der Waals surface area (Å²) in [6.07, 6.45) is -4.06. The molecule has 0 N–H and O–H groups in total. The molecule has 0 aromatic heterocycles. The summed E-state index contributed by atoms with van der Waals surface area (Å²) in [5.41, 5.74) is 0.472. The van der Waals surface area contributed by atoms with E-state index < -0.39 is 36.1 Å². The molecule has 2 amide bonds. The molecule has 2 rings (SSSR count). The molecule has 0 aliphatic carbocycles. The molecule has 7 heteroatoms. The largest absolute Gasteiger partial charge is 0.398 e. The number of nitrogens with zero attached hydrogens (tertiary/aromatic N) is 1. The Morgan fingerprint density at radius 1 is 1.18 bits per heavy atom. The van der Waals surface area contributed by atoms with E-state index >= 15 is 0 Å². The van der Waals surface area contributed by atoms with Crippen LogP contribution in [0.5, 0.6) is 0 Å². The number of carbonyl (C=O) groups is 3. The van der Waals surface area contributed by atoms with Gasteiger partial charge in [0.05, 0.1) is 11.1 Å². The molecule has 1 aliphatic rings. The number of halogens is 3. The molecule has 0 saturated heterocycles.